The zero-order chi connectivity index (χ0) is 17.1. The predicted octanol–water partition coefficient (Wildman–Crippen LogP) is 3.63. The lowest BCUT2D eigenvalue weighted by Crippen LogP contribution is -2.48. The Kier molecular flexibility index (Phi) is 4.95. The first-order chi connectivity index (χ1) is 11.5. The van der Waals surface area contributed by atoms with Gasteiger partial charge in [0, 0.05) is 18.9 Å². The van der Waals surface area contributed by atoms with Gasteiger partial charge in [-0.05, 0) is 30.0 Å². The monoisotopic (exact) mass is 324 g/mol. The number of carbonyl (C=O) groups excluding carboxylic acids is 1. The highest BCUT2D eigenvalue weighted by atomic mass is 16.5. The van der Waals surface area contributed by atoms with E-state index in [2.05, 4.69) is 31.0 Å². The fraction of sp³-hybridized carbons (Fsp3) is 0.400. The number of morpholine rings is 1. The van der Waals surface area contributed by atoms with Crippen LogP contribution >= 0.6 is 0 Å². The quantitative estimate of drug-likeness (QED) is 0.866. The molecule has 24 heavy (non-hydrogen) atoms. The van der Waals surface area contributed by atoms with E-state index in [1.165, 1.54) is 0 Å². The molecular formula is C20H24N2O2. The number of benzene rings is 1. The molecule has 4 heteroatoms. The van der Waals surface area contributed by atoms with Crippen molar-refractivity contribution in [3.05, 3.63) is 65.5 Å². The number of rotatable bonds is 3. The molecule has 1 aromatic heterocycles. The third-order valence-corrected chi connectivity index (χ3v) is 4.45. The number of aryl methyl sites for hydroxylation is 1. The van der Waals surface area contributed by atoms with Crippen LogP contribution in [0.25, 0.3) is 0 Å². The van der Waals surface area contributed by atoms with Crippen LogP contribution in [-0.4, -0.2) is 35.0 Å². The van der Waals surface area contributed by atoms with Crippen LogP contribution in [0.5, 0.6) is 0 Å². The molecule has 1 aliphatic heterocycles. The van der Waals surface area contributed by atoms with Crippen LogP contribution in [0.4, 0.5) is 0 Å². The molecule has 0 radical (unpaired) electrons. The first-order valence-electron chi connectivity index (χ1n) is 8.46. The molecule has 0 saturated carbocycles. The molecule has 0 spiro atoms. The van der Waals surface area contributed by atoms with Crippen LogP contribution in [0.1, 0.15) is 41.4 Å². The van der Waals surface area contributed by atoms with Crippen molar-refractivity contribution in [2.45, 2.75) is 33.0 Å². The van der Waals surface area contributed by atoms with Crippen molar-refractivity contribution in [2.75, 3.05) is 13.1 Å². The number of carbonyl (C=O) groups is 1. The summed E-state index contributed by atoms with van der Waals surface area (Å²) in [5, 5.41) is 0. The highest BCUT2D eigenvalue weighted by molar-refractivity contribution is 5.94. The van der Waals surface area contributed by atoms with Crippen LogP contribution in [0.2, 0.25) is 0 Å². The van der Waals surface area contributed by atoms with E-state index in [4.69, 9.17) is 4.74 Å². The van der Waals surface area contributed by atoms with Crippen molar-refractivity contribution in [1.29, 1.82) is 0 Å². The minimum Gasteiger partial charge on any atom is -0.366 e. The van der Waals surface area contributed by atoms with Gasteiger partial charge in [0.15, 0.2) is 0 Å². The van der Waals surface area contributed by atoms with Crippen LogP contribution in [-0.2, 0) is 4.74 Å². The van der Waals surface area contributed by atoms with E-state index in [1.807, 2.05) is 36.1 Å². The lowest BCUT2D eigenvalue weighted by molar-refractivity contribution is -0.0954. The minimum absolute atomic E-state index is 0.0288. The van der Waals surface area contributed by atoms with Crippen LogP contribution in [0.3, 0.4) is 0 Å². The van der Waals surface area contributed by atoms with Gasteiger partial charge in [0.1, 0.15) is 6.10 Å². The molecule has 1 aliphatic rings. The molecule has 0 unspecified atom stereocenters. The molecule has 3 rings (SSSR count). The van der Waals surface area contributed by atoms with Gasteiger partial charge >= 0.3 is 0 Å². The fourth-order valence-electron chi connectivity index (χ4n) is 3.03. The van der Waals surface area contributed by atoms with Crippen LogP contribution < -0.4 is 0 Å². The third kappa shape index (κ3) is 3.65. The fourth-order valence-corrected chi connectivity index (χ4v) is 3.03. The molecule has 0 aliphatic carbocycles. The second-order valence-electron chi connectivity index (χ2n) is 6.78. The lowest BCUT2D eigenvalue weighted by atomic mass is 10.0. The van der Waals surface area contributed by atoms with Gasteiger partial charge in [0.25, 0.3) is 5.91 Å². The summed E-state index contributed by atoms with van der Waals surface area (Å²) in [5.74, 6) is 0.378. The Bertz CT molecular complexity index is 700. The molecular weight excluding hydrogens is 300 g/mol. The summed E-state index contributed by atoms with van der Waals surface area (Å²) >= 11 is 0. The summed E-state index contributed by atoms with van der Waals surface area (Å²) in [4.78, 5) is 19.0. The molecule has 2 atom stereocenters. The summed E-state index contributed by atoms with van der Waals surface area (Å²) in [6.07, 6.45) is 3.35. The van der Waals surface area contributed by atoms with Gasteiger partial charge in [0.2, 0.25) is 0 Å². The average Bonchev–Trinajstić information content (AvgIpc) is 2.61. The second-order valence-corrected chi connectivity index (χ2v) is 6.78. The largest absolute Gasteiger partial charge is 0.366 e. The Morgan fingerprint density at radius 2 is 1.96 bits per heavy atom. The summed E-state index contributed by atoms with van der Waals surface area (Å²) in [7, 11) is 0. The number of aromatic nitrogens is 1. The SMILES string of the molecule is Cc1cncc(C(=O)N2C[C@@H](c3ccccc3)O[C@@H](C(C)C)C2)c1. The number of hydrogen-bond acceptors (Lipinski definition) is 3. The summed E-state index contributed by atoms with van der Waals surface area (Å²) in [5.41, 5.74) is 2.75. The normalized spacial score (nSPS) is 21.1. The predicted molar refractivity (Wildman–Crippen MR) is 93.8 cm³/mol. The van der Waals surface area contributed by atoms with Gasteiger partial charge in [-0.2, -0.15) is 0 Å². The van der Waals surface area contributed by atoms with Crippen molar-refractivity contribution < 1.29 is 9.53 Å². The molecule has 126 valence electrons. The van der Waals surface area contributed by atoms with E-state index in [1.54, 1.807) is 12.4 Å². The number of nitrogens with zero attached hydrogens (tertiary/aromatic N) is 2. The maximum Gasteiger partial charge on any atom is 0.255 e. The Morgan fingerprint density at radius 3 is 2.62 bits per heavy atom. The Hall–Kier alpha value is -2.20. The van der Waals surface area contributed by atoms with Gasteiger partial charge in [-0.3, -0.25) is 9.78 Å². The van der Waals surface area contributed by atoms with Gasteiger partial charge < -0.3 is 9.64 Å². The number of pyridine rings is 1. The van der Waals surface area contributed by atoms with Gasteiger partial charge in [0.05, 0.1) is 18.2 Å². The van der Waals surface area contributed by atoms with E-state index >= 15 is 0 Å². The summed E-state index contributed by atoms with van der Waals surface area (Å²) < 4.78 is 6.26. The van der Waals surface area contributed by atoms with E-state index < -0.39 is 0 Å². The zero-order valence-electron chi connectivity index (χ0n) is 14.5. The maximum atomic E-state index is 12.9. The van der Waals surface area contributed by atoms with Gasteiger partial charge in [-0.25, -0.2) is 0 Å². The van der Waals surface area contributed by atoms with E-state index in [9.17, 15) is 4.79 Å². The molecule has 0 bridgehead atoms. The first kappa shape index (κ1) is 16.7. The van der Waals surface area contributed by atoms with Crippen molar-refractivity contribution in [2.24, 2.45) is 5.92 Å². The van der Waals surface area contributed by atoms with Gasteiger partial charge in [-0.1, -0.05) is 44.2 Å². The topological polar surface area (TPSA) is 42.4 Å². The molecule has 0 N–H and O–H groups in total. The Morgan fingerprint density at radius 1 is 1.21 bits per heavy atom. The molecule has 2 heterocycles. The van der Waals surface area contributed by atoms with Crippen LogP contribution in [0, 0.1) is 12.8 Å². The van der Waals surface area contributed by atoms with E-state index in [0.29, 0.717) is 24.6 Å². The van der Waals surface area contributed by atoms with Crippen LogP contribution in [0.15, 0.2) is 48.8 Å². The van der Waals surface area contributed by atoms with E-state index in [0.717, 1.165) is 11.1 Å². The van der Waals surface area contributed by atoms with Crippen molar-refractivity contribution in [1.82, 2.24) is 9.88 Å². The average molecular weight is 324 g/mol. The third-order valence-electron chi connectivity index (χ3n) is 4.45. The molecule has 1 aromatic carbocycles. The highest BCUT2D eigenvalue weighted by Gasteiger charge is 2.33. The summed E-state index contributed by atoms with van der Waals surface area (Å²) in [6, 6.07) is 12.0. The molecule has 1 amide bonds. The molecule has 1 saturated heterocycles. The number of hydrogen-bond donors (Lipinski definition) is 0. The first-order valence-corrected chi connectivity index (χ1v) is 8.46. The maximum absolute atomic E-state index is 12.9. The second kappa shape index (κ2) is 7.14. The Labute approximate surface area is 143 Å². The highest BCUT2D eigenvalue weighted by Crippen LogP contribution is 2.29. The molecule has 4 nitrogen and oxygen atoms in total. The van der Waals surface area contributed by atoms with Crippen molar-refractivity contribution >= 4 is 5.91 Å². The minimum atomic E-state index is -0.0888. The van der Waals surface area contributed by atoms with Crippen molar-refractivity contribution in [3.8, 4) is 0 Å². The standard InChI is InChI=1S/C20H24N2O2/c1-14(2)18-12-22(20(23)17-9-15(3)10-21-11-17)13-19(24-18)16-7-5-4-6-8-16/h4-11,14,18-19H,12-13H2,1-3H3/t18-,19+/m1/s1. The zero-order valence-corrected chi connectivity index (χ0v) is 14.5. The van der Waals surface area contributed by atoms with Crippen molar-refractivity contribution in [3.63, 3.8) is 0 Å². The summed E-state index contributed by atoms with van der Waals surface area (Å²) in [6.45, 7) is 7.41. The Balaban J connectivity index is 1.85. The number of amides is 1. The number of ether oxygens (including phenoxy) is 1. The smallest absolute Gasteiger partial charge is 0.255 e. The van der Waals surface area contributed by atoms with Gasteiger partial charge in [-0.15, -0.1) is 0 Å². The molecule has 1 fully saturated rings. The molecule has 2 aromatic rings. The van der Waals surface area contributed by atoms with E-state index in [-0.39, 0.29) is 18.1 Å². The lowest BCUT2D eigenvalue weighted by Gasteiger charge is -2.40.